The molecule has 0 saturated carbocycles. The number of amides is 1. The lowest BCUT2D eigenvalue weighted by molar-refractivity contribution is -0.116. The van der Waals surface area contributed by atoms with E-state index >= 15 is 0 Å². The summed E-state index contributed by atoms with van der Waals surface area (Å²) < 4.78 is 10.5. The second-order valence-corrected chi connectivity index (χ2v) is 6.47. The molecule has 0 radical (unpaired) electrons. The van der Waals surface area contributed by atoms with Crippen molar-refractivity contribution >= 4 is 24.0 Å². The maximum absolute atomic E-state index is 12.4. The highest BCUT2D eigenvalue weighted by Crippen LogP contribution is 2.39. The van der Waals surface area contributed by atoms with E-state index in [1.165, 1.54) is 16.7 Å². The summed E-state index contributed by atoms with van der Waals surface area (Å²) in [5, 5.41) is 0. The lowest BCUT2D eigenvalue weighted by Gasteiger charge is -2.15. The number of Topliss-reactive ketones (excluding diaryl/α,β-unsaturated/α-hetero) is 1. The zero-order valence-corrected chi connectivity index (χ0v) is 14.7. The summed E-state index contributed by atoms with van der Waals surface area (Å²) in [6.07, 6.45) is 2.30. The second-order valence-electron chi connectivity index (χ2n) is 5.39. The van der Waals surface area contributed by atoms with Gasteiger partial charge >= 0.3 is 0 Å². The Labute approximate surface area is 150 Å². The van der Waals surface area contributed by atoms with Crippen molar-refractivity contribution in [1.82, 2.24) is 4.90 Å². The largest absolute Gasteiger partial charge is 0.493 e. The van der Waals surface area contributed by atoms with Crippen molar-refractivity contribution < 1.29 is 19.1 Å². The highest BCUT2D eigenvalue weighted by molar-refractivity contribution is 8.04. The van der Waals surface area contributed by atoms with Gasteiger partial charge in [0.05, 0.1) is 25.7 Å². The molecule has 0 fully saturated rings. The number of ether oxygens (including phenoxy) is 2. The minimum Gasteiger partial charge on any atom is -0.493 e. The molecule has 0 atom stereocenters. The molecule has 0 bridgehead atoms. The van der Waals surface area contributed by atoms with Crippen LogP contribution in [0, 0.1) is 0 Å². The number of rotatable bonds is 6. The van der Waals surface area contributed by atoms with Crippen LogP contribution in [-0.2, 0) is 11.3 Å². The number of ketones is 1. The molecule has 0 N–H and O–H groups in total. The van der Waals surface area contributed by atoms with E-state index in [1.54, 1.807) is 32.6 Å². The number of hydrogen-bond acceptors (Lipinski definition) is 5. The van der Waals surface area contributed by atoms with Crippen molar-refractivity contribution in [1.29, 1.82) is 0 Å². The molecule has 0 aromatic heterocycles. The average Bonchev–Trinajstić information content (AvgIpc) is 2.97. The fraction of sp³-hybridized carbons (Fsp3) is 0.158. The van der Waals surface area contributed by atoms with Crippen molar-refractivity contribution in [2.45, 2.75) is 11.4 Å². The van der Waals surface area contributed by atoms with Crippen molar-refractivity contribution in [3.63, 3.8) is 0 Å². The predicted molar refractivity (Wildman–Crippen MR) is 95.9 cm³/mol. The summed E-state index contributed by atoms with van der Waals surface area (Å²) in [5.74, 6) is 1.16. The fourth-order valence-electron chi connectivity index (χ4n) is 2.58. The number of carbonyl (C=O) groups is 2. The van der Waals surface area contributed by atoms with Crippen LogP contribution in [0.3, 0.4) is 0 Å². The molecule has 6 heteroatoms. The Bertz CT molecular complexity index is 847. The van der Waals surface area contributed by atoms with Crippen LogP contribution in [0.2, 0.25) is 0 Å². The standard InChI is InChI=1S/C19H17NO4S/c1-23-15-8-7-13(9-16(15)24-2)10-20(12-21)11-18-19(22)14-5-3-4-6-17(14)25-18/h3-9,11-12H,10H2,1-2H3/b18-11+. The van der Waals surface area contributed by atoms with E-state index in [4.69, 9.17) is 9.47 Å². The van der Waals surface area contributed by atoms with Crippen LogP contribution in [0.1, 0.15) is 15.9 Å². The number of allylic oxidation sites excluding steroid dienone is 1. The summed E-state index contributed by atoms with van der Waals surface area (Å²) in [6, 6.07) is 12.9. The van der Waals surface area contributed by atoms with Crippen LogP contribution in [0.4, 0.5) is 0 Å². The maximum Gasteiger partial charge on any atom is 0.214 e. The normalized spacial score (nSPS) is 14.3. The number of hydrogen-bond donors (Lipinski definition) is 0. The number of benzene rings is 2. The van der Waals surface area contributed by atoms with E-state index in [0.717, 1.165) is 10.5 Å². The van der Waals surface area contributed by atoms with Crippen molar-refractivity contribution in [3.8, 4) is 11.5 Å². The molecule has 2 aromatic carbocycles. The lowest BCUT2D eigenvalue weighted by atomic mass is 10.1. The molecule has 1 heterocycles. The number of nitrogens with zero attached hydrogens (tertiary/aromatic N) is 1. The Balaban J connectivity index is 1.80. The molecular weight excluding hydrogens is 338 g/mol. The minimum atomic E-state index is -0.0558. The fourth-order valence-corrected chi connectivity index (χ4v) is 3.62. The number of thioether (sulfide) groups is 1. The van der Waals surface area contributed by atoms with E-state index in [1.807, 2.05) is 30.3 Å². The van der Waals surface area contributed by atoms with Gasteiger partial charge in [-0.3, -0.25) is 9.59 Å². The molecule has 25 heavy (non-hydrogen) atoms. The summed E-state index contributed by atoms with van der Waals surface area (Å²) in [5.41, 5.74) is 1.55. The third-order valence-corrected chi connectivity index (χ3v) is 4.89. The number of methoxy groups -OCH3 is 2. The van der Waals surface area contributed by atoms with Crippen LogP contribution in [0.25, 0.3) is 0 Å². The summed E-state index contributed by atoms with van der Waals surface area (Å²) in [4.78, 5) is 26.8. The van der Waals surface area contributed by atoms with Crippen LogP contribution in [0.15, 0.2) is 58.5 Å². The van der Waals surface area contributed by atoms with Gasteiger partial charge in [0.15, 0.2) is 11.5 Å². The molecule has 3 rings (SSSR count). The van der Waals surface area contributed by atoms with Gasteiger partial charge in [-0.2, -0.15) is 0 Å². The molecule has 0 saturated heterocycles. The highest BCUT2D eigenvalue weighted by atomic mass is 32.2. The SMILES string of the molecule is COc1ccc(CN(C=O)/C=C2/Sc3ccccc3C2=O)cc1OC. The second kappa shape index (κ2) is 7.44. The molecule has 2 aromatic rings. The smallest absolute Gasteiger partial charge is 0.214 e. The third-order valence-electron chi connectivity index (χ3n) is 3.81. The van der Waals surface area contributed by atoms with Crippen LogP contribution in [0.5, 0.6) is 11.5 Å². The van der Waals surface area contributed by atoms with Crippen LogP contribution in [-0.4, -0.2) is 31.3 Å². The first-order chi connectivity index (χ1) is 12.2. The van der Waals surface area contributed by atoms with Gasteiger partial charge in [0.1, 0.15) is 0 Å². The van der Waals surface area contributed by atoms with E-state index in [-0.39, 0.29) is 5.78 Å². The van der Waals surface area contributed by atoms with Crippen LogP contribution < -0.4 is 9.47 Å². The Hall–Kier alpha value is -2.73. The van der Waals surface area contributed by atoms with Crippen molar-refractivity contribution in [2.24, 2.45) is 0 Å². The van der Waals surface area contributed by atoms with Gasteiger partial charge in [-0.1, -0.05) is 30.0 Å². The Morgan fingerprint density at radius 2 is 1.84 bits per heavy atom. The summed E-state index contributed by atoms with van der Waals surface area (Å²) in [7, 11) is 3.13. The minimum absolute atomic E-state index is 0.0558. The third kappa shape index (κ3) is 3.53. The Morgan fingerprint density at radius 3 is 2.52 bits per heavy atom. The topological polar surface area (TPSA) is 55.8 Å². The van der Waals surface area contributed by atoms with Gasteiger partial charge < -0.3 is 14.4 Å². The maximum atomic E-state index is 12.4. The lowest BCUT2D eigenvalue weighted by Crippen LogP contribution is -2.16. The van der Waals surface area contributed by atoms with Gasteiger partial charge in [-0.25, -0.2) is 0 Å². The van der Waals surface area contributed by atoms with Gasteiger partial charge in [-0.15, -0.1) is 0 Å². The van der Waals surface area contributed by atoms with Gasteiger partial charge in [-0.05, 0) is 29.8 Å². The molecule has 1 aliphatic rings. The van der Waals surface area contributed by atoms with Crippen molar-refractivity contribution in [2.75, 3.05) is 14.2 Å². The first-order valence-electron chi connectivity index (χ1n) is 7.61. The molecular formula is C19H17NO4S. The number of fused-ring (bicyclic) bond motifs is 1. The van der Waals surface area contributed by atoms with E-state index in [0.29, 0.717) is 34.9 Å². The molecule has 0 spiro atoms. The van der Waals surface area contributed by atoms with Gasteiger partial charge in [0, 0.05) is 16.7 Å². The van der Waals surface area contributed by atoms with Crippen molar-refractivity contribution in [3.05, 3.63) is 64.7 Å². The van der Waals surface area contributed by atoms with E-state index < -0.39 is 0 Å². The molecule has 0 unspecified atom stereocenters. The summed E-state index contributed by atoms with van der Waals surface area (Å²) >= 11 is 1.38. The molecule has 5 nitrogen and oxygen atoms in total. The predicted octanol–water partition coefficient (Wildman–Crippen LogP) is 3.49. The Morgan fingerprint density at radius 1 is 1.08 bits per heavy atom. The molecule has 0 aliphatic carbocycles. The molecule has 128 valence electrons. The van der Waals surface area contributed by atoms with E-state index in [2.05, 4.69) is 0 Å². The van der Waals surface area contributed by atoms with Gasteiger partial charge in [0.25, 0.3) is 0 Å². The first-order valence-corrected chi connectivity index (χ1v) is 8.43. The average molecular weight is 355 g/mol. The first kappa shape index (κ1) is 17.1. The molecule has 1 aliphatic heterocycles. The number of carbonyl (C=O) groups excluding carboxylic acids is 2. The van der Waals surface area contributed by atoms with E-state index in [9.17, 15) is 9.59 Å². The highest BCUT2D eigenvalue weighted by Gasteiger charge is 2.26. The molecule has 1 amide bonds. The quantitative estimate of drug-likeness (QED) is 0.586. The summed E-state index contributed by atoms with van der Waals surface area (Å²) in [6.45, 7) is 0.331. The van der Waals surface area contributed by atoms with Crippen LogP contribution >= 0.6 is 11.8 Å². The monoisotopic (exact) mass is 355 g/mol. The van der Waals surface area contributed by atoms with Gasteiger partial charge in [0.2, 0.25) is 12.2 Å². The zero-order valence-electron chi connectivity index (χ0n) is 13.9. The zero-order chi connectivity index (χ0) is 17.8. The Kier molecular flexibility index (Phi) is 5.09.